The van der Waals surface area contributed by atoms with Gasteiger partial charge in [0, 0.05) is 25.0 Å². The van der Waals surface area contributed by atoms with Crippen LogP contribution in [-0.4, -0.2) is 36.9 Å². The molecule has 2 heterocycles. The lowest BCUT2D eigenvalue weighted by atomic mass is 9.75. The predicted octanol–water partition coefficient (Wildman–Crippen LogP) is 0.343. The van der Waals surface area contributed by atoms with Gasteiger partial charge in [-0.1, -0.05) is 0 Å². The second-order valence-corrected chi connectivity index (χ2v) is 6.01. The van der Waals surface area contributed by atoms with Crippen LogP contribution in [0, 0.1) is 12.8 Å². The van der Waals surface area contributed by atoms with E-state index in [9.17, 15) is 9.90 Å². The summed E-state index contributed by atoms with van der Waals surface area (Å²) in [5.74, 6) is 0.0795. The Labute approximate surface area is 133 Å². The van der Waals surface area contributed by atoms with Gasteiger partial charge in [-0.25, -0.2) is 9.97 Å². The highest BCUT2D eigenvalue weighted by Gasteiger charge is 2.36. The van der Waals surface area contributed by atoms with E-state index < -0.39 is 0 Å². The number of aryl methyl sites for hydroxylation is 2. The molecule has 8 heteroatoms. The monoisotopic (exact) mass is 316 g/mol. The first-order valence-corrected chi connectivity index (χ1v) is 7.50. The Balaban J connectivity index is 1.81. The van der Waals surface area contributed by atoms with Crippen LogP contribution >= 0.6 is 0 Å². The molecule has 0 saturated heterocycles. The molecule has 1 aliphatic rings. The Kier molecular flexibility index (Phi) is 3.99. The van der Waals surface area contributed by atoms with Crippen LogP contribution in [0.4, 0.5) is 5.95 Å². The van der Waals surface area contributed by atoms with Gasteiger partial charge >= 0.3 is 0 Å². The lowest BCUT2D eigenvalue weighted by Gasteiger charge is -2.37. The zero-order valence-corrected chi connectivity index (χ0v) is 13.1. The maximum Gasteiger partial charge on any atom is 0.255 e. The van der Waals surface area contributed by atoms with Crippen molar-refractivity contribution in [3.63, 3.8) is 0 Å². The van der Waals surface area contributed by atoms with Gasteiger partial charge in [0.05, 0.1) is 29.6 Å². The number of amides is 1. The minimum atomic E-state index is -0.294. The number of carbonyl (C=O) groups excluding carboxylic acids is 1. The van der Waals surface area contributed by atoms with Crippen LogP contribution in [0.25, 0.3) is 0 Å². The molecule has 1 atom stereocenters. The normalized spacial score (nSPS) is 21.5. The summed E-state index contributed by atoms with van der Waals surface area (Å²) in [6, 6.07) is -0.198. The largest absolute Gasteiger partial charge is 0.393 e. The van der Waals surface area contributed by atoms with Gasteiger partial charge < -0.3 is 16.2 Å². The molecule has 23 heavy (non-hydrogen) atoms. The van der Waals surface area contributed by atoms with Crippen LogP contribution in [0.15, 0.2) is 18.6 Å². The Morgan fingerprint density at radius 1 is 1.48 bits per heavy atom. The molecular weight excluding hydrogens is 296 g/mol. The first kappa shape index (κ1) is 15.4. The lowest BCUT2D eigenvalue weighted by Crippen LogP contribution is -2.41. The summed E-state index contributed by atoms with van der Waals surface area (Å²) < 4.78 is 1.70. The standard InChI is InChI=1S/C15H20N6O2/c1-8-12(6-17-15(16)19-8)14(23)20-13(9-3-11(22)4-9)10-5-18-21(2)7-10/h5-7,9,11,13,22H,3-4H2,1-2H3,(H,20,23)(H2,16,17,19). The van der Waals surface area contributed by atoms with Gasteiger partial charge in [0.2, 0.25) is 5.95 Å². The van der Waals surface area contributed by atoms with Gasteiger partial charge in [-0.2, -0.15) is 5.10 Å². The Morgan fingerprint density at radius 3 is 2.78 bits per heavy atom. The number of anilines is 1. The van der Waals surface area contributed by atoms with E-state index in [-0.39, 0.29) is 29.9 Å². The molecule has 1 aliphatic carbocycles. The fraction of sp³-hybridized carbons (Fsp3) is 0.467. The number of nitrogens with one attached hydrogen (secondary N) is 1. The fourth-order valence-electron chi connectivity index (χ4n) is 2.90. The topological polar surface area (TPSA) is 119 Å². The number of aromatic nitrogens is 4. The summed E-state index contributed by atoms with van der Waals surface area (Å²) in [5.41, 5.74) is 7.38. The van der Waals surface area contributed by atoms with Gasteiger partial charge in [-0.3, -0.25) is 9.48 Å². The molecule has 1 unspecified atom stereocenters. The SMILES string of the molecule is Cc1nc(N)ncc1C(=O)NC(c1cnn(C)c1)C1CC(O)C1. The van der Waals surface area contributed by atoms with Gasteiger partial charge in [-0.15, -0.1) is 0 Å². The first-order chi connectivity index (χ1) is 10.9. The molecule has 8 nitrogen and oxygen atoms in total. The molecule has 122 valence electrons. The first-order valence-electron chi connectivity index (χ1n) is 7.50. The van der Waals surface area contributed by atoms with Crippen molar-refractivity contribution in [1.29, 1.82) is 0 Å². The van der Waals surface area contributed by atoms with E-state index in [1.54, 1.807) is 17.8 Å². The van der Waals surface area contributed by atoms with E-state index in [4.69, 9.17) is 5.73 Å². The summed E-state index contributed by atoms with van der Waals surface area (Å²) in [6.45, 7) is 1.72. The quantitative estimate of drug-likeness (QED) is 0.748. The average molecular weight is 316 g/mol. The third kappa shape index (κ3) is 3.16. The molecule has 0 spiro atoms. The number of hydrogen-bond donors (Lipinski definition) is 3. The summed E-state index contributed by atoms with van der Waals surface area (Å²) in [5, 5.41) is 16.8. The number of nitrogen functional groups attached to an aromatic ring is 1. The van der Waals surface area contributed by atoms with Crippen molar-refractivity contribution in [1.82, 2.24) is 25.1 Å². The van der Waals surface area contributed by atoms with Gasteiger partial charge in [0.25, 0.3) is 5.91 Å². The fourth-order valence-corrected chi connectivity index (χ4v) is 2.90. The minimum Gasteiger partial charge on any atom is -0.393 e. The zero-order chi connectivity index (χ0) is 16.6. The van der Waals surface area contributed by atoms with Crippen molar-refractivity contribution in [3.8, 4) is 0 Å². The van der Waals surface area contributed by atoms with Crippen LogP contribution in [-0.2, 0) is 7.05 Å². The highest BCUT2D eigenvalue weighted by Crippen LogP contribution is 2.38. The van der Waals surface area contributed by atoms with Gasteiger partial charge in [-0.05, 0) is 25.7 Å². The molecule has 0 bridgehead atoms. The van der Waals surface area contributed by atoms with Gasteiger partial charge in [0.1, 0.15) is 0 Å². The summed E-state index contributed by atoms with van der Waals surface area (Å²) in [7, 11) is 1.83. The summed E-state index contributed by atoms with van der Waals surface area (Å²) >= 11 is 0. The second kappa shape index (κ2) is 5.96. The zero-order valence-electron chi connectivity index (χ0n) is 13.1. The smallest absolute Gasteiger partial charge is 0.255 e. The summed E-state index contributed by atoms with van der Waals surface area (Å²) in [4.78, 5) is 20.5. The molecule has 1 saturated carbocycles. The third-order valence-electron chi connectivity index (χ3n) is 4.23. The van der Waals surface area contributed by atoms with Crippen molar-refractivity contribution in [2.75, 3.05) is 5.73 Å². The van der Waals surface area contributed by atoms with E-state index in [1.165, 1.54) is 6.20 Å². The number of aliphatic hydroxyl groups excluding tert-OH is 1. The molecule has 4 N–H and O–H groups in total. The highest BCUT2D eigenvalue weighted by molar-refractivity contribution is 5.95. The van der Waals surface area contributed by atoms with Crippen molar-refractivity contribution in [2.45, 2.75) is 31.9 Å². The van der Waals surface area contributed by atoms with Crippen molar-refractivity contribution >= 4 is 11.9 Å². The molecule has 2 aromatic heterocycles. The minimum absolute atomic E-state index is 0.143. The van der Waals surface area contributed by atoms with Crippen LogP contribution in [0.3, 0.4) is 0 Å². The Bertz CT molecular complexity index is 723. The second-order valence-electron chi connectivity index (χ2n) is 6.01. The molecular formula is C15H20N6O2. The number of nitrogens with two attached hydrogens (primary N) is 1. The van der Waals surface area contributed by atoms with E-state index in [0.29, 0.717) is 24.1 Å². The molecule has 3 rings (SSSR count). The number of carbonyl (C=O) groups is 1. The molecule has 2 aromatic rings. The number of hydrogen-bond acceptors (Lipinski definition) is 6. The Morgan fingerprint density at radius 2 is 2.22 bits per heavy atom. The molecule has 0 aliphatic heterocycles. The van der Waals surface area contributed by atoms with Gasteiger partial charge in [0.15, 0.2) is 0 Å². The van der Waals surface area contributed by atoms with E-state index in [2.05, 4.69) is 20.4 Å². The highest BCUT2D eigenvalue weighted by atomic mass is 16.3. The van der Waals surface area contributed by atoms with Crippen molar-refractivity contribution < 1.29 is 9.90 Å². The Hall–Kier alpha value is -2.48. The maximum atomic E-state index is 12.6. The molecule has 0 aromatic carbocycles. The third-order valence-corrected chi connectivity index (χ3v) is 4.23. The lowest BCUT2D eigenvalue weighted by molar-refractivity contribution is 0.0235. The number of rotatable bonds is 4. The number of nitrogens with zero attached hydrogens (tertiary/aromatic N) is 4. The van der Waals surface area contributed by atoms with Crippen LogP contribution in [0.5, 0.6) is 0 Å². The van der Waals surface area contributed by atoms with Crippen LogP contribution < -0.4 is 11.1 Å². The van der Waals surface area contributed by atoms with Crippen molar-refractivity contribution in [3.05, 3.63) is 35.4 Å². The van der Waals surface area contributed by atoms with E-state index in [1.807, 2.05) is 13.2 Å². The molecule has 1 fully saturated rings. The van der Waals surface area contributed by atoms with E-state index >= 15 is 0 Å². The summed E-state index contributed by atoms with van der Waals surface area (Å²) in [6.07, 6.45) is 6.08. The van der Waals surface area contributed by atoms with E-state index in [0.717, 1.165) is 5.56 Å². The van der Waals surface area contributed by atoms with Crippen molar-refractivity contribution in [2.24, 2.45) is 13.0 Å². The molecule has 1 amide bonds. The predicted molar refractivity (Wildman–Crippen MR) is 83.3 cm³/mol. The molecule has 0 radical (unpaired) electrons. The maximum absolute atomic E-state index is 12.6. The number of aliphatic hydroxyl groups is 1. The average Bonchev–Trinajstić information content (AvgIpc) is 2.88. The van der Waals surface area contributed by atoms with Crippen LogP contribution in [0.2, 0.25) is 0 Å². The van der Waals surface area contributed by atoms with Crippen LogP contribution in [0.1, 0.15) is 40.5 Å².